The smallest absolute Gasteiger partial charge is 0.339 e. The molecule has 1 aromatic heterocycles. The fourth-order valence-electron chi connectivity index (χ4n) is 2.88. The quantitative estimate of drug-likeness (QED) is 0.697. The number of anilines is 1. The van der Waals surface area contributed by atoms with E-state index in [0.717, 1.165) is 0 Å². The molecule has 1 heterocycles. The molecule has 1 amide bonds. The Balaban J connectivity index is 1.83. The van der Waals surface area contributed by atoms with Crippen molar-refractivity contribution >= 4 is 22.6 Å². The number of carbonyl (C=O) groups excluding carboxylic acids is 1. The Kier molecular flexibility index (Phi) is 4.75. The number of aryl methyl sites for hydroxylation is 2. The van der Waals surface area contributed by atoms with Crippen molar-refractivity contribution in [1.29, 1.82) is 0 Å². The number of hydrogen-bond donors (Lipinski definition) is 2. The van der Waals surface area contributed by atoms with E-state index in [-0.39, 0.29) is 24.3 Å². The monoisotopic (exact) mass is 355 g/mol. The summed E-state index contributed by atoms with van der Waals surface area (Å²) in [5.41, 5.74) is 1.50. The average Bonchev–Trinajstić information content (AvgIpc) is 2.60. The van der Waals surface area contributed by atoms with Crippen molar-refractivity contribution in [3.05, 3.63) is 69.3 Å². The Morgan fingerprint density at radius 3 is 2.62 bits per heavy atom. The molecule has 6 heteroatoms. The molecular formula is C20H18FNO4. The first-order valence-electron chi connectivity index (χ1n) is 8.17. The van der Waals surface area contributed by atoms with Gasteiger partial charge in [-0.2, -0.15) is 0 Å². The normalized spacial score (nSPS) is 10.9. The van der Waals surface area contributed by atoms with E-state index in [1.54, 1.807) is 32.0 Å². The lowest BCUT2D eigenvalue weighted by molar-refractivity contribution is -0.116. The average molecular weight is 355 g/mol. The molecule has 0 aliphatic heterocycles. The summed E-state index contributed by atoms with van der Waals surface area (Å²) < 4.78 is 18.9. The standard InChI is InChI=1S/C20H18FNO4/c1-11-13-7-9-17(23)12(2)19(13)26-20(25)14(11)8-10-18(24)22-16-6-4-3-5-15(16)21/h3-7,9,23H,8,10H2,1-2H3,(H,22,24). The van der Waals surface area contributed by atoms with Crippen LogP contribution in [0.3, 0.4) is 0 Å². The van der Waals surface area contributed by atoms with Crippen LogP contribution in [0.25, 0.3) is 11.0 Å². The Morgan fingerprint density at radius 2 is 1.88 bits per heavy atom. The summed E-state index contributed by atoms with van der Waals surface area (Å²) in [6, 6.07) is 9.11. The molecule has 0 saturated carbocycles. The Morgan fingerprint density at radius 1 is 1.15 bits per heavy atom. The molecule has 0 unspecified atom stereocenters. The summed E-state index contributed by atoms with van der Waals surface area (Å²) in [7, 11) is 0. The van der Waals surface area contributed by atoms with Gasteiger partial charge < -0.3 is 14.8 Å². The van der Waals surface area contributed by atoms with Gasteiger partial charge in [0.05, 0.1) is 5.69 Å². The van der Waals surface area contributed by atoms with Gasteiger partial charge in [-0.3, -0.25) is 4.79 Å². The lowest BCUT2D eigenvalue weighted by Gasteiger charge is -2.10. The van der Waals surface area contributed by atoms with Gasteiger partial charge in [0, 0.05) is 22.9 Å². The molecule has 0 radical (unpaired) electrons. The number of para-hydroxylation sites is 1. The summed E-state index contributed by atoms with van der Waals surface area (Å²) in [6.07, 6.45) is 0.187. The summed E-state index contributed by atoms with van der Waals surface area (Å²) in [5.74, 6) is -0.856. The predicted octanol–water partition coefficient (Wildman–Crippen LogP) is 3.83. The van der Waals surface area contributed by atoms with E-state index < -0.39 is 17.3 Å². The van der Waals surface area contributed by atoms with Crippen LogP contribution in [0.1, 0.15) is 23.1 Å². The van der Waals surface area contributed by atoms with Crippen LogP contribution >= 0.6 is 0 Å². The zero-order valence-corrected chi connectivity index (χ0v) is 14.4. The third-order valence-electron chi connectivity index (χ3n) is 4.43. The summed E-state index contributed by atoms with van der Waals surface area (Å²) >= 11 is 0. The number of fused-ring (bicyclic) bond motifs is 1. The number of nitrogens with one attached hydrogen (secondary N) is 1. The van der Waals surface area contributed by atoms with E-state index in [1.807, 2.05) is 0 Å². The molecule has 0 saturated heterocycles. The number of phenols is 1. The third kappa shape index (κ3) is 3.31. The summed E-state index contributed by atoms with van der Waals surface area (Å²) in [5, 5.41) is 13.0. The molecule has 3 aromatic rings. The highest BCUT2D eigenvalue weighted by atomic mass is 19.1. The lowest BCUT2D eigenvalue weighted by atomic mass is 10.0. The van der Waals surface area contributed by atoms with Crippen molar-refractivity contribution in [3.8, 4) is 5.75 Å². The fourth-order valence-corrected chi connectivity index (χ4v) is 2.88. The van der Waals surface area contributed by atoms with Crippen LogP contribution in [-0.4, -0.2) is 11.0 Å². The minimum Gasteiger partial charge on any atom is -0.508 e. The number of hydrogen-bond acceptors (Lipinski definition) is 4. The van der Waals surface area contributed by atoms with Crippen LogP contribution < -0.4 is 10.9 Å². The van der Waals surface area contributed by atoms with Gasteiger partial charge in [-0.05, 0) is 50.1 Å². The second-order valence-corrected chi connectivity index (χ2v) is 6.11. The van der Waals surface area contributed by atoms with Crippen molar-refractivity contribution < 1.29 is 18.7 Å². The molecular weight excluding hydrogens is 337 g/mol. The Labute approximate surface area is 149 Å². The van der Waals surface area contributed by atoms with Gasteiger partial charge in [-0.25, -0.2) is 9.18 Å². The molecule has 2 aromatic carbocycles. The summed E-state index contributed by atoms with van der Waals surface area (Å²) in [4.78, 5) is 24.4. The lowest BCUT2D eigenvalue weighted by Crippen LogP contribution is -2.17. The highest BCUT2D eigenvalue weighted by Gasteiger charge is 2.16. The van der Waals surface area contributed by atoms with Crippen LogP contribution in [0.15, 0.2) is 45.6 Å². The van der Waals surface area contributed by atoms with Crippen molar-refractivity contribution in [3.63, 3.8) is 0 Å². The van der Waals surface area contributed by atoms with Crippen molar-refractivity contribution in [2.45, 2.75) is 26.7 Å². The number of carbonyl (C=O) groups is 1. The molecule has 0 fully saturated rings. The first kappa shape index (κ1) is 17.7. The predicted molar refractivity (Wildman–Crippen MR) is 97.0 cm³/mol. The zero-order chi connectivity index (χ0) is 18.8. The fraction of sp³-hybridized carbons (Fsp3) is 0.200. The maximum absolute atomic E-state index is 13.6. The topological polar surface area (TPSA) is 79.5 Å². The Bertz CT molecular complexity index is 1060. The maximum Gasteiger partial charge on any atom is 0.339 e. The number of rotatable bonds is 4. The van der Waals surface area contributed by atoms with Crippen molar-refractivity contribution in [2.75, 3.05) is 5.32 Å². The second kappa shape index (κ2) is 7.00. The van der Waals surface area contributed by atoms with Crippen LogP contribution in [0.5, 0.6) is 5.75 Å². The molecule has 134 valence electrons. The maximum atomic E-state index is 13.6. The minimum absolute atomic E-state index is 0.0164. The molecule has 0 spiro atoms. The zero-order valence-electron chi connectivity index (χ0n) is 14.4. The number of halogens is 1. The first-order valence-corrected chi connectivity index (χ1v) is 8.17. The van der Waals surface area contributed by atoms with Crippen LogP contribution in [0.2, 0.25) is 0 Å². The SMILES string of the molecule is Cc1c(CCC(=O)Nc2ccccc2F)c(=O)oc2c(C)c(O)ccc12. The van der Waals surface area contributed by atoms with E-state index in [1.165, 1.54) is 18.2 Å². The molecule has 0 bridgehead atoms. The number of phenolic OH excluding ortho intramolecular Hbond substituents is 1. The number of amides is 1. The third-order valence-corrected chi connectivity index (χ3v) is 4.43. The van der Waals surface area contributed by atoms with Crippen LogP contribution in [-0.2, 0) is 11.2 Å². The number of benzene rings is 2. The molecule has 0 aliphatic rings. The Hall–Kier alpha value is -3.15. The van der Waals surface area contributed by atoms with Crippen molar-refractivity contribution in [1.82, 2.24) is 0 Å². The number of aromatic hydroxyl groups is 1. The molecule has 5 nitrogen and oxygen atoms in total. The van der Waals surface area contributed by atoms with E-state index in [0.29, 0.717) is 27.7 Å². The van der Waals surface area contributed by atoms with Gasteiger partial charge >= 0.3 is 5.63 Å². The van der Waals surface area contributed by atoms with Crippen LogP contribution in [0, 0.1) is 19.7 Å². The van der Waals surface area contributed by atoms with Gasteiger partial charge in [-0.1, -0.05) is 12.1 Å². The van der Waals surface area contributed by atoms with Crippen molar-refractivity contribution in [2.24, 2.45) is 0 Å². The molecule has 0 aliphatic carbocycles. The van der Waals surface area contributed by atoms with E-state index in [4.69, 9.17) is 4.42 Å². The van der Waals surface area contributed by atoms with Gasteiger partial charge in [-0.15, -0.1) is 0 Å². The first-order chi connectivity index (χ1) is 12.4. The highest BCUT2D eigenvalue weighted by Crippen LogP contribution is 2.28. The molecule has 0 atom stereocenters. The van der Waals surface area contributed by atoms with E-state index >= 15 is 0 Å². The second-order valence-electron chi connectivity index (χ2n) is 6.11. The van der Waals surface area contributed by atoms with E-state index in [9.17, 15) is 19.1 Å². The van der Waals surface area contributed by atoms with Gasteiger partial charge in [0.1, 0.15) is 17.1 Å². The van der Waals surface area contributed by atoms with Crippen LogP contribution in [0.4, 0.5) is 10.1 Å². The molecule has 3 rings (SSSR count). The summed E-state index contributed by atoms with van der Waals surface area (Å²) in [6.45, 7) is 3.45. The van der Waals surface area contributed by atoms with E-state index in [2.05, 4.69) is 5.32 Å². The van der Waals surface area contributed by atoms with Gasteiger partial charge in [0.2, 0.25) is 5.91 Å². The minimum atomic E-state index is -0.539. The highest BCUT2D eigenvalue weighted by molar-refractivity contribution is 5.91. The van der Waals surface area contributed by atoms with Gasteiger partial charge in [0.15, 0.2) is 0 Å². The molecule has 26 heavy (non-hydrogen) atoms. The molecule has 2 N–H and O–H groups in total. The van der Waals surface area contributed by atoms with Gasteiger partial charge in [0.25, 0.3) is 0 Å². The largest absolute Gasteiger partial charge is 0.508 e.